The zero-order chi connectivity index (χ0) is 77.2. The van der Waals surface area contributed by atoms with Crippen LogP contribution in [0.15, 0.2) is 146 Å². The number of nitro groups is 1. The molecule has 6 aromatic rings. The zero-order valence-corrected chi connectivity index (χ0v) is 64.9. The van der Waals surface area contributed by atoms with Gasteiger partial charge in [-0.05, 0) is 134 Å². The second kappa shape index (κ2) is 75.5. The number of hydrogen-bond acceptors (Lipinski definition) is 8. The van der Waals surface area contributed by atoms with Crippen LogP contribution in [0, 0.1) is 51.7 Å². The van der Waals surface area contributed by atoms with Gasteiger partial charge in [-0.2, -0.15) is 0 Å². The highest BCUT2D eigenvalue weighted by Gasteiger charge is 2.32. The molecule has 0 saturated carbocycles. The van der Waals surface area contributed by atoms with E-state index in [0.29, 0.717) is 11.1 Å². The van der Waals surface area contributed by atoms with Gasteiger partial charge in [-0.1, -0.05) is 303 Å². The Labute approximate surface area is 596 Å². The van der Waals surface area contributed by atoms with Gasteiger partial charge in [0, 0.05) is 35.9 Å². The van der Waals surface area contributed by atoms with Crippen molar-refractivity contribution in [3.05, 3.63) is 190 Å². The second-order valence-corrected chi connectivity index (χ2v) is 23.1. The van der Waals surface area contributed by atoms with E-state index in [-0.39, 0.29) is 27.9 Å². The molecule has 0 aliphatic rings. The lowest BCUT2D eigenvalue weighted by Gasteiger charge is -2.10. The Balaban J connectivity index is -0.000000188. The average Bonchev–Trinajstić information content (AvgIpc) is 0.935. The highest BCUT2D eigenvalue weighted by Crippen LogP contribution is 2.26. The summed E-state index contributed by atoms with van der Waals surface area (Å²) in [5.74, 6) is -0.513. The molecule has 2 heterocycles. The molecule has 570 valence electrons. The zero-order valence-electron chi connectivity index (χ0n) is 64.9. The molecule has 0 bridgehead atoms. The third kappa shape index (κ3) is 93.4. The number of para-hydroxylation sites is 2. The lowest BCUT2D eigenvalue weighted by Crippen LogP contribution is -2.17. The van der Waals surface area contributed by atoms with Crippen molar-refractivity contribution in [3.63, 3.8) is 0 Å². The molecule has 0 saturated heterocycles. The molecule has 0 aliphatic carbocycles. The van der Waals surface area contributed by atoms with Crippen LogP contribution in [0.3, 0.4) is 0 Å². The monoisotopic (exact) mass is 1410 g/mol. The fraction of sp³-hybridized carbons (Fsp3) is 0.580. The number of benzene rings is 4. The number of aromatic nitrogens is 2. The number of aryl methyl sites for hydroxylation is 6. The SMILES string of the molecule is CCC.CCCC.CCCCC.CCCCCC.CCCCCCC.CCCCCCCC.CCCN(C)C.Cc1ccc(OC(F)(F)F)cc1.Cc1cccc(OC(F)(F)F)c1.Cc1ccccc1OC(F)(F)F.Cc1ccccc1[N+](=O)[O-].Cc1ccccn1.Cc1cccnc1. The molecule has 0 radical (unpaired) electrons. The molecule has 0 fully saturated rings. The van der Waals surface area contributed by atoms with Crippen molar-refractivity contribution in [2.45, 2.75) is 292 Å². The number of alkyl halides is 9. The van der Waals surface area contributed by atoms with Crippen LogP contribution in [0.4, 0.5) is 45.2 Å². The fourth-order valence-electron chi connectivity index (χ4n) is 6.84. The van der Waals surface area contributed by atoms with Crippen LogP contribution in [0.2, 0.25) is 0 Å². The van der Waals surface area contributed by atoms with E-state index in [1.54, 1.807) is 88.6 Å². The van der Waals surface area contributed by atoms with E-state index in [1.807, 2.05) is 50.4 Å². The van der Waals surface area contributed by atoms with Gasteiger partial charge in [0.05, 0.1) is 4.92 Å². The van der Waals surface area contributed by atoms with Crippen LogP contribution >= 0.6 is 0 Å². The molecule has 2 aromatic heterocycles. The summed E-state index contributed by atoms with van der Waals surface area (Å²) in [7, 11) is 4.17. The first-order chi connectivity index (χ1) is 46.7. The van der Waals surface area contributed by atoms with Gasteiger partial charge in [-0.15, -0.1) is 39.5 Å². The predicted octanol–water partition coefficient (Wildman–Crippen LogP) is 28.7. The van der Waals surface area contributed by atoms with E-state index in [2.05, 4.69) is 133 Å². The number of halogens is 9. The smallest absolute Gasteiger partial charge is 0.406 e. The van der Waals surface area contributed by atoms with Gasteiger partial charge in [0.15, 0.2) is 0 Å². The summed E-state index contributed by atoms with van der Waals surface area (Å²) in [6, 6.07) is 33.9. The highest BCUT2D eigenvalue weighted by atomic mass is 19.4. The maximum absolute atomic E-state index is 11.7. The Morgan fingerprint density at radius 3 is 1.08 bits per heavy atom. The van der Waals surface area contributed by atoms with Crippen LogP contribution < -0.4 is 14.2 Å². The number of hydrogen-bond donors (Lipinski definition) is 0. The Bertz CT molecular complexity index is 2520. The van der Waals surface area contributed by atoms with Gasteiger partial charge in [-0.25, -0.2) is 0 Å². The summed E-state index contributed by atoms with van der Waals surface area (Å²) in [6.45, 7) is 40.6. The highest BCUT2D eigenvalue weighted by molar-refractivity contribution is 5.38. The number of nitro benzene ring substituents is 1. The van der Waals surface area contributed by atoms with E-state index in [1.165, 1.54) is 202 Å². The van der Waals surface area contributed by atoms with Crippen molar-refractivity contribution in [1.82, 2.24) is 14.9 Å². The molecule has 18 heteroatoms. The molecular weight excluding hydrogens is 1280 g/mol. The molecule has 0 N–H and O–H groups in total. The van der Waals surface area contributed by atoms with Crippen molar-refractivity contribution in [2.24, 2.45) is 0 Å². The van der Waals surface area contributed by atoms with Crippen molar-refractivity contribution in [1.29, 1.82) is 0 Å². The molecule has 99 heavy (non-hydrogen) atoms. The minimum atomic E-state index is -4.61. The van der Waals surface area contributed by atoms with E-state index < -0.39 is 19.1 Å². The minimum absolute atomic E-state index is 0.148. The Morgan fingerprint density at radius 1 is 0.394 bits per heavy atom. The third-order valence-corrected chi connectivity index (χ3v) is 12.2. The number of pyridine rings is 2. The van der Waals surface area contributed by atoms with Gasteiger partial charge in [-0.3, -0.25) is 20.1 Å². The maximum Gasteiger partial charge on any atom is 0.573 e. The van der Waals surface area contributed by atoms with Gasteiger partial charge in [0.25, 0.3) is 5.69 Å². The maximum atomic E-state index is 11.7. The topological polar surface area (TPSA) is 99.9 Å². The average molecular weight is 1410 g/mol. The molecule has 9 nitrogen and oxygen atoms in total. The molecule has 0 spiro atoms. The lowest BCUT2D eigenvalue weighted by atomic mass is 10.1. The van der Waals surface area contributed by atoms with Crippen molar-refractivity contribution < 1.29 is 58.6 Å². The Hall–Kier alpha value is -6.69. The summed E-state index contributed by atoms with van der Waals surface area (Å²) in [5.41, 5.74) is 5.26. The number of ether oxygens (including phenoxy) is 3. The van der Waals surface area contributed by atoms with Crippen LogP contribution in [-0.2, 0) is 0 Å². The molecule has 6 rings (SSSR count). The molecule has 4 aromatic carbocycles. The first kappa shape index (κ1) is 106. The molecule has 0 atom stereocenters. The van der Waals surface area contributed by atoms with Crippen LogP contribution in [0.5, 0.6) is 17.2 Å². The van der Waals surface area contributed by atoms with E-state index in [9.17, 15) is 49.6 Å². The van der Waals surface area contributed by atoms with E-state index in [4.69, 9.17) is 0 Å². The standard InChI is InChI=1S/3C8H7F3O.C8H18.C7H7NO2.C7H16.2C6H7N.C6H14.C5H13N.C5H12.C4H10.C3H8/c1-6-2-4-7(5-3-6)12-8(9,10)11;1-6-3-2-4-7(5-6)12-8(9,10)11;1-6-4-2-3-5-7(6)12-8(9,10)11;1-3-5-7-8-6-4-2;1-6-4-2-3-5-7(6)8(9)10;1-3-5-7-6-4-2;1-6-3-2-4-7-5-6;1-6-4-2-3-5-7-6;1-3-5-6-4-2;1-4-5-6(2)3;1-3-5-4-2;1-3-4-2;1-3-2/h3*2-5H,1H3;3-8H2,1-2H3;2-5H,1H3;3-7H2,1-2H3;2*2-5H,1H3;3-6H2,1-2H3;4-5H2,1-3H3;3-5H2,1-2H3;3-4H2,1-2H3;3H2,1-2H3. The van der Waals surface area contributed by atoms with Crippen LogP contribution in [0.1, 0.15) is 265 Å². The quantitative estimate of drug-likeness (QED) is 0.0304. The van der Waals surface area contributed by atoms with Crippen molar-refractivity contribution in [3.8, 4) is 17.2 Å². The summed E-state index contributed by atoms with van der Waals surface area (Å²) in [6.07, 6.45) is 21.8. The fourth-order valence-corrected chi connectivity index (χ4v) is 6.84. The van der Waals surface area contributed by atoms with Crippen LogP contribution in [0.25, 0.3) is 0 Å². The summed E-state index contributed by atoms with van der Waals surface area (Å²) in [5, 5.41) is 10.2. The Kier molecular flexibility index (Phi) is 80.7. The van der Waals surface area contributed by atoms with Crippen molar-refractivity contribution >= 4 is 5.69 Å². The lowest BCUT2D eigenvalue weighted by molar-refractivity contribution is -0.385. The summed E-state index contributed by atoms with van der Waals surface area (Å²) in [4.78, 5) is 19.9. The van der Waals surface area contributed by atoms with E-state index in [0.717, 1.165) is 16.8 Å². The molecule has 0 unspecified atom stereocenters. The van der Waals surface area contributed by atoms with Gasteiger partial charge in [0.1, 0.15) is 17.2 Å². The molecule has 0 aliphatic heterocycles. The number of unbranched alkanes of at least 4 members (excludes halogenated alkanes) is 15. The van der Waals surface area contributed by atoms with Gasteiger partial charge >= 0.3 is 19.1 Å². The predicted molar refractivity (Wildman–Crippen MR) is 403 cm³/mol. The summed E-state index contributed by atoms with van der Waals surface area (Å²) >= 11 is 0. The van der Waals surface area contributed by atoms with Crippen molar-refractivity contribution in [2.75, 3.05) is 20.6 Å². The molecular formula is C81H133F9N4O5. The number of nitrogens with zero attached hydrogens (tertiary/aromatic N) is 4. The normalized spacial score (nSPS) is 9.81. The first-order valence-electron chi connectivity index (χ1n) is 35.7. The van der Waals surface area contributed by atoms with Gasteiger partial charge < -0.3 is 19.1 Å². The van der Waals surface area contributed by atoms with Crippen LogP contribution in [-0.4, -0.2) is 59.5 Å². The van der Waals surface area contributed by atoms with Gasteiger partial charge in [0.2, 0.25) is 0 Å². The first-order valence-corrected chi connectivity index (χ1v) is 35.7. The largest absolute Gasteiger partial charge is 0.573 e. The third-order valence-electron chi connectivity index (χ3n) is 12.2. The van der Waals surface area contributed by atoms with E-state index >= 15 is 0 Å². The summed E-state index contributed by atoms with van der Waals surface area (Å²) < 4.78 is 116. The minimum Gasteiger partial charge on any atom is -0.406 e. The molecule has 0 amide bonds. The Morgan fingerprint density at radius 2 is 0.798 bits per heavy atom. The second-order valence-electron chi connectivity index (χ2n) is 23.1. The number of rotatable bonds is 21.